The summed E-state index contributed by atoms with van der Waals surface area (Å²) < 4.78 is 3.20. The molecule has 0 spiro atoms. The molecule has 2 N–H and O–H groups in total. The molecule has 8 nitrogen and oxygen atoms in total. The van der Waals surface area contributed by atoms with E-state index in [1.165, 1.54) is 0 Å². The lowest BCUT2D eigenvalue weighted by molar-refractivity contribution is -0.116. The average Bonchev–Trinajstić information content (AvgIpc) is 3.19. The third-order valence-electron chi connectivity index (χ3n) is 3.80. The van der Waals surface area contributed by atoms with Gasteiger partial charge in [0.25, 0.3) is 5.91 Å². The first-order valence-electron chi connectivity index (χ1n) is 8.31. The number of nitrogens with one attached hydrogen (secondary N) is 2. The molecule has 140 valence electrons. The standard InChI is InChI=1S/C18H19ClN6O2/c1-12-15(19)11-25(22-12)9-7-17(26)20-13-4-3-5-14(10-13)21-18(27)16-6-8-24(2)23-16/h3-6,8,10-11H,7,9H2,1-2H3,(H,20,26)(H,21,27). The second-order valence-corrected chi connectivity index (χ2v) is 6.44. The topological polar surface area (TPSA) is 93.8 Å². The number of halogens is 1. The van der Waals surface area contributed by atoms with Crippen molar-refractivity contribution in [3.63, 3.8) is 0 Å². The molecule has 27 heavy (non-hydrogen) atoms. The molecule has 1 aromatic carbocycles. The Bertz CT molecular complexity index is 958. The van der Waals surface area contributed by atoms with Gasteiger partial charge in [-0.15, -0.1) is 0 Å². The van der Waals surface area contributed by atoms with Gasteiger partial charge in [0.1, 0.15) is 0 Å². The summed E-state index contributed by atoms with van der Waals surface area (Å²) in [4.78, 5) is 24.3. The molecule has 0 aliphatic heterocycles. The zero-order valence-electron chi connectivity index (χ0n) is 14.9. The molecule has 0 aliphatic carbocycles. The summed E-state index contributed by atoms with van der Waals surface area (Å²) in [6.07, 6.45) is 3.64. The van der Waals surface area contributed by atoms with Gasteiger partial charge >= 0.3 is 0 Å². The quantitative estimate of drug-likeness (QED) is 0.681. The Kier molecular flexibility index (Phi) is 5.56. The molecule has 0 saturated heterocycles. The van der Waals surface area contributed by atoms with E-state index in [-0.39, 0.29) is 18.2 Å². The second-order valence-electron chi connectivity index (χ2n) is 6.03. The highest BCUT2D eigenvalue weighted by molar-refractivity contribution is 6.31. The Labute approximate surface area is 161 Å². The van der Waals surface area contributed by atoms with Crippen molar-refractivity contribution < 1.29 is 9.59 Å². The summed E-state index contributed by atoms with van der Waals surface area (Å²) >= 11 is 5.95. The van der Waals surface area contributed by atoms with Crippen molar-refractivity contribution in [1.82, 2.24) is 19.6 Å². The Balaban J connectivity index is 1.56. The predicted octanol–water partition coefficient (Wildman–Crippen LogP) is 2.86. The van der Waals surface area contributed by atoms with Crippen LogP contribution in [0.25, 0.3) is 0 Å². The maximum absolute atomic E-state index is 12.2. The first kappa shape index (κ1) is 18.7. The van der Waals surface area contributed by atoms with Crippen molar-refractivity contribution in [2.75, 3.05) is 10.6 Å². The Morgan fingerprint density at radius 3 is 2.52 bits per heavy atom. The molecule has 0 fully saturated rings. The lowest BCUT2D eigenvalue weighted by Crippen LogP contribution is -2.16. The summed E-state index contributed by atoms with van der Waals surface area (Å²) in [5.74, 6) is -0.475. The molecular formula is C18H19ClN6O2. The molecule has 0 bridgehead atoms. The summed E-state index contributed by atoms with van der Waals surface area (Å²) in [5, 5.41) is 14.4. The smallest absolute Gasteiger partial charge is 0.276 e. The van der Waals surface area contributed by atoms with E-state index in [0.29, 0.717) is 28.6 Å². The lowest BCUT2D eigenvalue weighted by atomic mass is 10.2. The van der Waals surface area contributed by atoms with Crippen LogP contribution >= 0.6 is 11.6 Å². The maximum atomic E-state index is 12.2. The summed E-state index contributed by atoms with van der Waals surface area (Å²) in [5.41, 5.74) is 2.21. The molecule has 0 atom stereocenters. The highest BCUT2D eigenvalue weighted by atomic mass is 35.5. The molecule has 0 radical (unpaired) electrons. The SMILES string of the molecule is Cc1nn(CCC(=O)Nc2cccc(NC(=O)c3ccn(C)n3)c2)cc1Cl. The third-order valence-corrected chi connectivity index (χ3v) is 4.18. The second kappa shape index (κ2) is 8.05. The zero-order chi connectivity index (χ0) is 19.4. The van der Waals surface area contributed by atoms with Crippen LogP contribution < -0.4 is 10.6 Å². The van der Waals surface area contributed by atoms with E-state index in [9.17, 15) is 9.59 Å². The first-order valence-corrected chi connectivity index (χ1v) is 8.69. The minimum Gasteiger partial charge on any atom is -0.326 e. The minimum absolute atomic E-state index is 0.160. The summed E-state index contributed by atoms with van der Waals surface area (Å²) in [6.45, 7) is 2.24. The number of hydrogen-bond acceptors (Lipinski definition) is 4. The molecule has 0 saturated carbocycles. The summed E-state index contributed by atoms with van der Waals surface area (Å²) in [7, 11) is 1.74. The fourth-order valence-corrected chi connectivity index (χ4v) is 2.60. The lowest BCUT2D eigenvalue weighted by Gasteiger charge is -2.08. The Morgan fingerprint density at radius 2 is 1.89 bits per heavy atom. The third kappa shape index (κ3) is 4.95. The molecule has 2 heterocycles. The van der Waals surface area contributed by atoms with Crippen LogP contribution in [0.2, 0.25) is 5.02 Å². The van der Waals surface area contributed by atoms with Crippen molar-refractivity contribution in [2.45, 2.75) is 19.9 Å². The molecule has 3 rings (SSSR count). The van der Waals surface area contributed by atoms with Gasteiger partial charge in [0.05, 0.1) is 10.7 Å². The van der Waals surface area contributed by atoms with Gasteiger partial charge in [-0.25, -0.2) is 0 Å². The number of benzene rings is 1. The van der Waals surface area contributed by atoms with E-state index >= 15 is 0 Å². The number of hydrogen-bond donors (Lipinski definition) is 2. The van der Waals surface area contributed by atoms with Gasteiger partial charge in [-0.3, -0.25) is 19.0 Å². The van der Waals surface area contributed by atoms with Crippen molar-refractivity contribution in [2.24, 2.45) is 7.05 Å². The van der Waals surface area contributed by atoms with E-state index in [2.05, 4.69) is 20.8 Å². The van der Waals surface area contributed by atoms with Crippen LogP contribution in [0.3, 0.4) is 0 Å². The minimum atomic E-state index is -0.315. The Morgan fingerprint density at radius 1 is 1.15 bits per heavy atom. The largest absolute Gasteiger partial charge is 0.326 e. The highest BCUT2D eigenvalue weighted by Crippen LogP contribution is 2.17. The van der Waals surface area contributed by atoms with Crippen LogP contribution in [-0.2, 0) is 18.4 Å². The number of carbonyl (C=O) groups excluding carboxylic acids is 2. The summed E-state index contributed by atoms with van der Waals surface area (Å²) in [6, 6.07) is 8.56. The van der Waals surface area contributed by atoms with Crippen LogP contribution in [0.4, 0.5) is 11.4 Å². The molecule has 9 heteroatoms. The molecule has 2 aromatic heterocycles. The van der Waals surface area contributed by atoms with E-state index < -0.39 is 0 Å². The first-order chi connectivity index (χ1) is 12.9. The predicted molar refractivity (Wildman–Crippen MR) is 103 cm³/mol. The van der Waals surface area contributed by atoms with Crippen LogP contribution in [0, 0.1) is 6.92 Å². The fourth-order valence-electron chi connectivity index (χ4n) is 2.45. The van der Waals surface area contributed by atoms with E-state index in [0.717, 1.165) is 5.69 Å². The van der Waals surface area contributed by atoms with Crippen LogP contribution in [0.15, 0.2) is 42.7 Å². The number of anilines is 2. The van der Waals surface area contributed by atoms with Crippen molar-refractivity contribution in [1.29, 1.82) is 0 Å². The fraction of sp³-hybridized carbons (Fsp3) is 0.222. The molecule has 2 amide bonds. The molecule has 0 aliphatic rings. The maximum Gasteiger partial charge on any atom is 0.276 e. The normalized spacial score (nSPS) is 10.6. The number of aryl methyl sites for hydroxylation is 3. The number of rotatable bonds is 6. The van der Waals surface area contributed by atoms with Crippen molar-refractivity contribution in [3.05, 3.63) is 59.1 Å². The zero-order valence-corrected chi connectivity index (χ0v) is 15.7. The van der Waals surface area contributed by atoms with Crippen molar-refractivity contribution >= 4 is 34.8 Å². The van der Waals surface area contributed by atoms with E-state index in [1.807, 2.05) is 6.92 Å². The molecular weight excluding hydrogens is 368 g/mol. The van der Waals surface area contributed by atoms with Gasteiger partial charge in [0.2, 0.25) is 5.91 Å². The van der Waals surface area contributed by atoms with E-state index in [4.69, 9.17) is 11.6 Å². The van der Waals surface area contributed by atoms with Gasteiger partial charge < -0.3 is 10.6 Å². The number of carbonyl (C=O) groups is 2. The number of nitrogens with zero attached hydrogens (tertiary/aromatic N) is 4. The van der Waals surface area contributed by atoms with Crippen LogP contribution in [-0.4, -0.2) is 31.4 Å². The average molecular weight is 387 g/mol. The number of aromatic nitrogens is 4. The monoisotopic (exact) mass is 386 g/mol. The molecule has 3 aromatic rings. The number of amides is 2. The highest BCUT2D eigenvalue weighted by Gasteiger charge is 2.10. The van der Waals surface area contributed by atoms with Crippen LogP contribution in [0.5, 0.6) is 0 Å². The van der Waals surface area contributed by atoms with E-state index in [1.54, 1.807) is 59.1 Å². The van der Waals surface area contributed by atoms with Gasteiger partial charge in [0, 0.05) is 43.8 Å². The van der Waals surface area contributed by atoms with Crippen molar-refractivity contribution in [3.8, 4) is 0 Å². The van der Waals surface area contributed by atoms with Gasteiger partial charge in [-0.2, -0.15) is 10.2 Å². The molecule has 0 unspecified atom stereocenters. The Hall–Kier alpha value is -3.13. The van der Waals surface area contributed by atoms with Gasteiger partial charge in [0.15, 0.2) is 5.69 Å². The van der Waals surface area contributed by atoms with Crippen LogP contribution in [0.1, 0.15) is 22.6 Å². The van der Waals surface area contributed by atoms with Gasteiger partial charge in [-0.1, -0.05) is 17.7 Å². The van der Waals surface area contributed by atoms with Gasteiger partial charge in [-0.05, 0) is 31.2 Å².